The van der Waals surface area contributed by atoms with E-state index in [1.807, 2.05) is 6.92 Å². The van der Waals surface area contributed by atoms with Gasteiger partial charge >= 0.3 is 5.97 Å². The van der Waals surface area contributed by atoms with Gasteiger partial charge in [0.15, 0.2) is 12.4 Å². The summed E-state index contributed by atoms with van der Waals surface area (Å²) in [6.45, 7) is 1.70. The molecule has 0 aliphatic rings. The first-order chi connectivity index (χ1) is 12.9. The highest BCUT2D eigenvalue weighted by Crippen LogP contribution is 2.25. The van der Waals surface area contributed by atoms with Crippen LogP contribution >= 0.6 is 15.9 Å². The van der Waals surface area contributed by atoms with Crippen LogP contribution in [0.1, 0.15) is 22.4 Å². The Hall–Kier alpha value is -2.96. The van der Waals surface area contributed by atoms with Crippen LogP contribution in [-0.2, 0) is 16.1 Å². The van der Waals surface area contributed by atoms with E-state index < -0.39 is 12.6 Å². The Morgan fingerprint density at radius 2 is 2.26 bits per heavy atom. The molecule has 0 atom stereocenters. The molecule has 2 N–H and O–H groups in total. The second-order valence-electron chi connectivity index (χ2n) is 5.43. The number of pyridine rings is 1. The van der Waals surface area contributed by atoms with Crippen molar-refractivity contribution in [2.75, 3.05) is 19.1 Å². The second kappa shape index (κ2) is 9.66. The summed E-state index contributed by atoms with van der Waals surface area (Å²) < 4.78 is 10.9. The zero-order valence-electron chi connectivity index (χ0n) is 14.7. The minimum atomic E-state index is -1.05. The van der Waals surface area contributed by atoms with Crippen molar-refractivity contribution in [3.05, 3.63) is 51.1 Å². The number of nitrogens with one attached hydrogen (secondary N) is 1. The number of carbonyl (C=O) groups is 1. The summed E-state index contributed by atoms with van der Waals surface area (Å²) in [4.78, 5) is 14.9. The minimum absolute atomic E-state index is 0.301. The van der Waals surface area contributed by atoms with Crippen molar-refractivity contribution in [3.8, 4) is 11.8 Å². The molecule has 0 aliphatic carbocycles. The molecule has 2 aromatic rings. The smallest absolute Gasteiger partial charge is 0.341 e. The van der Waals surface area contributed by atoms with Crippen LogP contribution in [0.25, 0.3) is 0 Å². The fourth-order valence-corrected chi connectivity index (χ4v) is 2.75. The van der Waals surface area contributed by atoms with E-state index in [1.165, 1.54) is 0 Å². The third-order valence-corrected chi connectivity index (χ3v) is 3.95. The number of hydrogen-bond acceptors (Lipinski definition) is 7. The van der Waals surface area contributed by atoms with Gasteiger partial charge in [0.05, 0.1) is 17.3 Å². The van der Waals surface area contributed by atoms with Crippen LogP contribution in [0.5, 0.6) is 5.75 Å². The highest BCUT2D eigenvalue weighted by molar-refractivity contribution is 9.10. The molecule has 0 unspecified atom stereocenters. The highest BCUT2D eigenvalue weighted by Gasteiger charge is 2.11. The number of methoxy groups -OCH3 is 1. The first-order valence-electron chi connectivity index (χ1n) is 7.77. The van der Waals surface area contributed by atoms with Crippen molar-refractivity contribution in [2.45, 2.75) is 13.5 Å². The van der Waals surface area contributed by atoms with E-state index >= 15 is 0 Å². The van der Waals surface area contributed by atoms with Crippen LogP contribution in [0.15, 0.2) is 33.8 Å². The number of aromatic nitrogens is 1. The zero-order chi connectivity index (χ0) is 19.8. The van der Waals surface area contributed by atoms with E-state index in [0.29, 0.717) is 28.2 Å². The number of anilines is 1. The monoisotopic (exact) mass is 432 g/mol. The Balaban J connectivity index is 2.15. The van der Waals surface area contributed by atoms with Gasteiger partial charge in [-0.2, -0.15) is 10.4 Å². The zero-order valence-corrected chi connectivity index (χ0v) is 16.3. The number of hydrogen-bond donors (Lipinski definition) is 2. The van der Waals surface area contributed by atoms with Gasteiger partial charge in [0, 0.05) is 18.4 Å². The van der Waals surface area contributed by atoms with Crippen LogP contribution < -0.4 is 10.2 Å². The number of nitriles is 1. The molecule has 0 radical (unpaired) electrons. The Kier molecular flexibility index (Phi) is 7.28. The van der Waals surface area contributed by atoms with Gasteiger partial charge in [0.2, 0.25) is 0 Å². The van der Waals surface area contributed by atoms with E-state index in [-0.39, 0.29) is 0 Å². The van der Waals surface area contributed by atoms with Gasteiger partial charge in [-0.15, -0.1) is 0 Å². The number of rotatable bonds is 8. The molecule has 0 spiro atoms. The molecule has 0 aliphatic heterocycles. The fraction of sp³-hybridized carbons (Fsp3) is 0.222. The Morgan fingerprint density at radius 1 is 1.48 bits per heavy atom. The number of benzene rings is 1. The Morgan fingerprint density at radius 3 is 2.89 bits per heavy atom. The van der Waals surface area contributed by atoms with E-state index in [2.05, 4.69) is 37.5 Å². The molecule has 1 aromatic heterocycles. The topological polar surface area (TPSA) is 117 Å². The molecule has 140 valence electrons. The van der Waals surface area contributed by atoms with E-state index in [9.17, 15) is 10.1 Å². The number of aliphatic carboxylic acids is 1. The molecule has 1 aromatic carbocycles. The third-order valence-electron chi connectivity index (χ3n) is 3.33. The second-order valence-corrected chi connectivity index (χ2v) is 6.29. The SMILES string of the molecule is COCc1cc(C)nc(NN=Cc2ccc(OCC(=O)O)c(Br)c2)c1C#N. The maximum atomic E-state index is 10.6. The number of carboxylic acid groups (broad SMARTS) is 1. The molecule has 0 bridgehead atoms. The summed E-state index contributed by atoms with van der Waals surface area (Å²) in [7, 11) is 1.56. The molecule has 0 amide bonds. The molecular formula is C18H17BrN4O4. The quantitative estimate of drug-likeness (QED) is 0.485. The maximum Gasteiger partial charge on any atom is 0.341 e. The van der Waals surface area contributed by atoms with E-state index in [0.717, 1.165) is 16.8 Å². The van der Waals surface area contributed by atoms with Crippen molar-refractivity contribution >= 4 is 33.9 Å². The number of aryl methyl sites for hydroxylation is 1. The van der Waals surface area contributed by atoms with E-state index in [1.54, 1.807) is 37.6 Å². The predicted molar refractivity (Wildman–Crippen MR) is 103 cm³/mol. The summed E-state index contributed by atoms with van der Waals surface area (Å²) in [5, 5.41) is 22.2. The van der Waals surface area contributed by atoms with Gasteiger partial charge in [-0.05, 0) is 52.7 Å². The lowest BCUT2D eigenvalue weighted by atomic mass is 10.1. The first-order valence-corrected chi connectivity index (χ1v) is 8.56. The summed E-state index contributed by atoms with van der Waals surface area (Å²) in [5.41, 5.74) is 5.36. The van der Waals surface area contributed by atoms with Crippen molar-refractivity contribution in [1.82, 2.24) is 4.98 Å². The van der Waals surface area contributed by atoms with Gasteiger partial charge < -0.3 is 14.6 Å². The minimum Gasteiger partial charge on any atom is -0.481 e. The maximum absolute atomic E-state index is 10.6. The molecule has 8 nitrogen and oxygen atoms in total. The van der Waals surface area contributed by atoms with Crippen LogP contribution in [-0.4, -0.2) is 36.0 Å². The lowest BCUT2D eigenvalue weighted by Crippen LogP contribution is -2.09. The van der Waals surface area contributed by atoms with Crippen LogP contribution in [0, 0.1) is 18.3 Å². The normalized spacial score (nSPS) is 10.6. The summed E-state index contributed by atoms with van der Waals surface area (Å²) in [6.07, 6.45) is 1.55. The van der Waals surface area contributed by atoms with Crippen LogP contribution in [0.4, 0.5) is 5.82 Å². The van der Waals surface area contributed by atoms with Gasteiger partial charge in [-0.3, -0.25) is 5.43 Å². The first kappa shape index (κ1) is 20.4. The largest absolute Gasteiger partial charge is 0.481 e. The summed E-state index contributed by atoms with van der Waals surface area (Å²) in [5.74, 6) is -0.288. The third kappa shape index (κ3) is 5.77. The summed E-state index contributed by atoms with van der Waals surface area (Å²) in [6, 6.07) is 9.00. The predicted octanol–water partition coefficient (Wildman–Crippen LogP) is 3.08. The standard InChI is InChI=1S/C18H17BrN4O4/c1-11-5-13(9-26-2)14(7-20)18(22-11)23-21-8-12-3-4-16(15(19)6-12)27-10-17(24)25/h3-6,8H,9-10H2,1-2H3,(H,22,23)(H,24,25). The molecular weight excluding hydrogens is 416 g/mol. The van der Waals surface area contributed by atoms with Crippen molar-refractivity contribution < 1.29 is 19.4 Å². The van der Waals surface area contributed by atoms with Gasteiger partial charge in [0.25, 0.3) is 0 Å². The van der Waals surface area contributed by atoms with Crippen molar-refractivity contribution in [3.63, 3.8) is 0 Å². The fourth-order valence-electron chi connectivity index (χ4n) is 2.24. The number of carboxylic acids is 1. The van der Waals surface area contributed by atoms with Crippen molar-refractivity contribution in [1.29, 1.82) is 5.26 Å². The van der Waals surface area contributed by atoms with E-state index in [4.69, 9.17) is 14.6 Å². The molecule has 2 rings (SSSR count). The molecule has 27 heavy (non-hydrogen) atoms. The lowest BCUT2D eigenvalue weighted by molar-refractivity contribution is -0.139. The number of nitrogens with zero attached hydrogens (tertiary/aromatic N) is 3. The highest BCUT2D eigenvalue weighted by atomic mass is 79.9. The number of halogens is 1. The van der Waals surface area contributed by atoms with Gasteiger partial charge in [-0.1, -0.05) is 0 Å². The molecule has 0 saturated heterocycles. The molecule has 0 saturated carbocycles. The van der Waals surface area contributed by atoms with Gasteiger partial charge in [0.1, 0.15) is 17.4 Å². The Bertz CT molecular complexity index is 909. The number of hydrazone groups is 1. The van der Waals surface area contributed by atoms with Gasteiger partial charge in [-0.25, -0.2) is 9.78 Å². The lowest BCUT2D eigenvalue weighted by Gasteiger charge is -2.09. The average Bonchev–Trinajstić information content (AvgIpc) is 2.61. The molecule has 1 heterocycles. The number of ether oxygens (including phenoxy) is 2. The Labute approximate surface area is 164 Å². The molecule has 9 heteroatoms. The van der Waals surface area contributed by atoms with Crippen molar-refractivity contribution in [2.24, 2.45) is 5.10 Å². The average molecular weight is 433 g/mol. The van der Waals surface area contributed by atoms with Crippen LogP contribution in [0.3, 0.4) is 0 Å². The summed E-state index contributed by atoms with van der Waals surface area (Å²) >= 11 is 3.32. The van der Waals surface area contributed by atoms with Crippen LogP contribution in [0.2, 0.25) is 0 Å². The molecule has 0 fully saturated rings.